The standard InChI is InChI=1S/Al.5FH.K/h;5*1H;/q+3;;;;;;+1/p-4. The summed E-state index contributed by atoms with van der Waals surface area (Å²) in [6.45, 7) is 0. The van der Waals surface area contributed by atoms with Crippen LogP contribution in [0.1, 0.15) is 0 Å². The van der Waals surface area contributed by atoms with Crippen LogP contribution in [0.25, 0.3) is 0 Å². The predicted molar refractivity (Wildman–Crippen MR) is 8.26 cm³/mol. The van der Waals surface area contributed by atoms with Gasteiger partial charge < -0.3 is 18.8 Å². The molecule has 0 atom stereocenters. The van der Waals surface area contributed by atoms with Crippen molar-refractivity contribution in [3.8, 4) is 0 Å². The van der Waals surface area contributed by atoms with Gasteiger partial charge in [-0.25, -0.2) is 0 Å². The fourth-order valence-electron chi connectivity index (χ4n) is 0. The Balaban J connectivity index is 0. The molecule has 0 heterocycles. The fourth-order valence-corrected chi connectivity index (χ4v) is 0. The molecule has 0 aromatic rings. The molecule has 0 rings (SSSR count). The smallest absolute Gasteiger partial charge is 1.00 e. The first-order valence-electron chi connectivity index (χ1n) is 0. The van der Waals surface area contributed by atoms with Crippen molar-refractivity contribution in [2.45, 2.75) is 0 Å². The van der Waals surface area contributed by atoms with Crippen molar-refractivity contribution in [1.29, 1.82) is 0 Å². The van der Waals surface area contributed by atoms with Gasteiger partial charge in [0.15, 0.2) is 0 Å². The summed E-state index contributed by atoms with van der Waals surface area (Å²) in [6.07, 6.45) is 0. The topological polar surface area (TPSA) is 0 Å². The molecule has 0 spiro atoms. The third-order valence-corrected chi connectivity index (χ3v) is 0. The van der Waals surface area contributed by atoms with Gasteiger partial charge in [-0.15, -0.1) is 0 Å². The molecular formula is HAlF5K. The monoisotopic (exact) mass is 162 g/mol. The van der Waals surface area contributed by atoms with Gasteiger partial charge in [0.1, 0.15) is 0 Å². The van der Waals surface area contributed by atoms with Gasteiger partial charge >= 0.3 is 68.7 Å². The van der Waals surface area contributed by atoms with Gasteiger partial charge in [0.25, 0.3) is 0 Å². The van der Waals surface area contributed by atoms with Gasteiger partial charge in [-0.2, -0.15) is 0 Å². The molecular weight excluding hydrogens is 161 g/mol. The van der Waals surface area contributed by atoms with Crippen molar-refractivity contribution in [3.05, 3.63) is 0 Å². The molecule has 7 heteroatoms. The van der Waals surface area contributed by atoms with Gasteiger partial charge in [-0.1, -0.05) is 0 Å². The zero-order valence-electron chi connectivity index (χ0n) is 3.50. The molecule has 7 heavy (non-hydrogen) atoms. The second kappa shape index (κ2) is 110. The van der Waals surface area contributed by atoms with Crippen LogP contribution in [0.3, 0.4) is 0 Å². The summed E-state index contributed by atoms with van der Waals surface area (Å²) >= 11 is 0. The second-order valence-corrected chi connectivity index (χ2v) is 0. The summed E-state index contributed by atoms with van der Waals surface area (Å²) in [5, 5.41) is 0. The minimum absolute atomic E-state index is 0. The molecule has 0 radical (unpaired) electrons. The van der Waals surface area contributed by atoms with E-state index in [9.17, 15) is 0 Å². The van der Waals surface area contributed by atoms with Crippen LogP contribution in [-0.2, 0) is 0 Å². The van der Waals surface area contributed by atoms with E-state index in [1.165, 1.54) is 0 Å². The van der Waals surface area contributed by atoms with E-state index in [-0.39, 0.29) is 92.3 Å². The zero-order valence-corrected chi connectivity index (χ0v) is 7.78. The van der Waals surface area contributed by atoms with E-state index in [4.69, 9.17) is 0 Å². The molecule has 0 aliphatic carbocycles. The van der Waals surface area contributed by atoms with Gasteiger partial charge in [0.2, 0.25) is 0 Å². The molecule has 0 amide bonds. The van der Waals surface area contributed by atoms with Crippen molar-refractivity contribution in [2.75, 3.05) is 0 Å². The quantitative estimate of drug-likeness (QED) is 0.245. The van der Waals surface area contributed by atoms with Crippen molar-refractivity contribution >= 4 is 17.4 Å². The van der Waals surface area contributed by atoms with Crippen LogP contribution in [0, 0.1) is 0 Å². The van der Waals surface area contributed by atoms with Crippen molar-refractivity contribution < 1.29 is 74.9 Å². The Hall–Kier alpha value is 1.82. The average Bonchev–Trinajstić information content (AvgIpc) is 0. The minimum atomic E-state index is 0. The first-order valence-corrected chi connectivity index (χ1v) is 0. The maximum atomic E-state index is 0. The maximum Gasteiger partial charge on any atom is 3.00 e. The summed E-state index contributed by atoms with van der Waals surface area (Å²) in [4.78, 5) is 0. The Morgan fingerprint density at radius 1 is 0.571 bits per heavy atom. The van der Waals surface area contributed by atoms with Gasteiger partial charge in [-0.3, -0.25) is 4.70 Å². The van der Waals surface area contributed by atoms with Crippen LogP contribution in [-0.4, -0.2) is 17.4 Å². The molecule has 0 unspecified atom stereocenters. The van der Waals surface area contributed by atoms with Crippen LogP contribution < -0.4 is 70.2 Å². The summed E-state index contributed by atoms with van der Waals surface area (Å²) in [5.41, 5.74) is 0. The normalized spacial score (nSPS) is 0. The van der Waals surface area contributed by atoms with Crippen molar-refractivity contribution in [2.24, 2.45) is 0 Å². The van der Waals surface area contributed by atoms with E-state index < -0.39 is 0 Å². The molecule has 0 aliphatic rings. The molecule has 0 saturated heterocycles. The molecule has 0 nitrogen and oxygen atoms in total. The van der Waals surface area contributed by atoms with Crippen LogP contribution >= 0.6 is 0 Å². The van der Waals surface area contributed by atoms with Gasteiger partial charge in [0, 0.05) is 0 Å². The summed E-state index contributed by atoms with van der Waals surface area (Å²) in [5.74, 6) is 0. The van der Waals surface area contributed by atoms with Crippen LogP contribution in [0.5, 0.6) is 0 Å². The molecule has 0 aliphatic heterocycles. The van der Waals surface area contributed by atoms with E-state index in [0.29, 0.717) is 0 Å². The maximum absolute atomic E-state index is 0. The summed E-state index contributed by atoms with van der Waals surface area (Å²) < 4.78 is 0. The second-order valence-electron chi connectivity index (χ2n) is 0. The van der Waals surface area contributed by atoms with E-state index in [1.807, 2.05) is 0 Å². The summed E-state index contributed by atoms with van der Waals surface area (Å²) in [6, 6.07) is 0. The van der Waals surface area contributed by atoms with Crippen LogP contribution in [0.4, 0.5) is 4.70 Å². The Kier molecular flexibility index (Phi) is 2560. The van der Waals surface area contributed by atoms with Gasteiger partial charge in [-0.05, 0) is 0 Å². The number of rotatable bonds is 0. The molecule has 0 saturated carbocycles. The number of hydrogen-bond acceptors (Lipinski definition) is 0. The van der Waals surface area contributed by atoms with E-state index in [0.717, 1.165) is 0 Å². The van der Waals surface area contributed by atoms with E-state index in [2.05, 4.69) is 0 Å². The van der Waals surface area contributed by atoms with Crippen molar-refractivity contribution in [1.82, 2.24) is 0 Å². The Bertz CT molecular complexity index is 8.04. The zero-order chi connectivity index (χ0) is 0. The third kappa shape index (κ3) is 80.0. The Labute approximate surface area is 90.8 Å². The molecule has 0 bridgehead atoms. The fraction of sp³-hybridized carbons (Fsp3) is 0. The predicted octanol–water partition coefficient (Wildman–Crippen LogP) is -15.2. The first-order chi connectivity index (χ1) is 0. The molecule has 0 aromatic heterocycles. The average molecular weight is 162 g/mol. The molecule has 0 aromatic carbocycles. The molecule has 0 N–H and O–H groups in total. The third-order valence-electron chi connectivity index (χ3n) is 0. The SMILES string of the molecule is F.[Al+3].[F-].[F-].[F-].[F-].[K+]. The van der Waals surface area contributed by atoms with Gasteiger partial charge in [0.05, 0.1) is 0 Å². The summed E-state index contributed by atoms with van der Waals surface area (Å²) in [7, 11) is 0. The molecule has 40 valence electrons. The van der Waals surface area contributed by atoms with Crippen LogP contribution in [0.15, 0.2) is 0 Å². The van der Waals surface area contributed by atoms with Crippen molar-refractivity contribution in [3.63, 3.8) is 0 Å². The first kappa shape index (κ1) is 163. The van der Waals surface area contributed by atoms with E-state index in [1.54, 1.807) is 0 Å². The number of halogens is 5. The number of hydrogen-bond donors (Lipinski definition) is 0. The Morgan fingerprint density at radius 2 is 0.571 bits per heavy atom. The molecule has 0 fully saturated rings. The minimum Gasteiger partial charge on any atom is -1.00 e. The van der Waals surface area contributed by atoms with Crippen LogP contribution in [0.2, 0.25) is 0 Å². The largest absolute Gasteiger partial charge is 3.00 e. The Morgan fingerprint density at radius 3 is 0.571 bits per heavy atom. The van der Waals surface area contributed by atoms with E-state index >= 15 is 0 Å².